The summed E-state index contributed by atoms with van der Waals surface area (Å²) in [5, 5.41) is 12.1. The molecule has 3 N–H and O–H groups in total. The van der Waals surface area contributed by atoms with Crippen molar-refractivity contribution >= 4 is 25.0 Å². The first-order chi connectivity index (χ1) is 15.3. The topological polar surface area (TPSA) is 98.2 Å². The zero-order valence-corrected chi connectivity index (χ0v) is 18.9. The Hall–Kier alpha value is -2.47. The second kappa shape index (κ2) is 6.53. The Balaban J connectivity index is 1.70. The van der Waals surface area contributed by atoms with Crippen LogP contribution < -0.4 is 11.3 Å². The molecular weight excluding hydrogens is 428 g/mol. The Morgan fingerprint density at radius 2 is 2.09 bits per heavy atom. The number of halogens is 1. The highest BCUT2D eigenvalue weighted by Gasteiger charge is 2.43. The molecule has 6 rings (SSSR count). The number of rotatable bonds is 1. The monoisotopic (exact) mass is 451 g/mol. The van der Waals surface area contributed by atoms with Crippen LogP contribution in [-0.2, 0) is 29.5 Å². The molecule has 3 aliphatic rings. The minimum atomic E-state index is -1.65. The Bertz CT molecular complexity index is 1450. The number of nitrogens with zero attached hydrogens (tertiary/aromatic N) is 2. The maximum atomic E-state index is 14.7. The minimum Gasteiger partial charge on any atom is -0.377 e. The number of fused-ring (bicyclic) bond motifs is 5. The fourth-order valence-electron chi connectivity index (χ4n) is 5.71. The minimum absolute atomic E-state index is 0.124. The van der Waals surface area contributed by atoms with Gasteiger partial charge in [-0.1, -0.05) is 6.92 Å². The summed E-state index contributed by atoms with van der Waals surface area (Å²) >= 11 is 0. The van der Waals surface area contributed by atoms with Gasteiger partial charge in [0.15, 0.2) is 11.1 Å². The third kappa shape index (κ3) is 2.36. The Morgan fingerprint density at radius 3 is 2.84 bits per heavy atom. The molecule has 32 heavy (non-hydrogen) atoms. The van der Waals surface area contributed by atoms with Crippen LogP contribution in [0.3, 0.4) is 0 Å². The zero-order valence-electron chi connectivity index (χ0n) is 17.9. The summed E-state index contributed by atoms with van der Waals surface area (Å²) in [6.07, 6.45) is 1.96. The van der Waals surface area contributed by atoms with E-state index < -0.39 is 5.60 Å². The number of hydrogen-bond acceptors (Lipinski definition) is 5. The number of benzene rings is 1. The number of aromatic nitrogens is 2. The summed E-state index contributed by atoms with van der Waals surface area (Å²) in [6.45, 7) is 3.88. The smallest absolute Gasteiger partial charge is 0.255 e. The number of carbonyl (C=O) groups excluding carboxylic acids is 1. The molecule has 3 aromatic rings. The molecule has 2 aromatic heterocycles. The molecule has 0 spiro atoms. The quantitative estimate of drug-likeness (QED) is 0.434. The van der Waals surface area contributed by atoms with E-state index in [1.54, 1.807) is 24.5 Å². The van der Waals surface area contributed by atoms with Crippen LogP contribution in [0.1, 0.15) is 59.2 Å². The summed E-state index contributed by atoms with van der Waals surface area (Å²) in [6, 6.07) is 2.98. The second-order valence-corrected chi connectivity index (χ2v) is 10.2. The molecule has 0 fully saturated rings. The molecule has 1 aromatic carbocycles. The number of nitrogens with two attached hydrogens (primary N) is 1. The van der Waals surface area contributed by atoms with Crippen molar-refractivity contribution in [3.8, 4) is 11.4 Å². The first-order valence-electron chi connectivity index (χ1n) is 10.9. The van der Waals surface area contributed by atoms with Crippen molar-refractivity contribution in [3.05, 3.63) is 61.7 Å². The lowest BCUT2D eigenvalue weighted by molar-refractivity contribution is -0.129. The van der Waals surface area contributed by atoms with Gasteiger partial charge in [0.1, 0.15) is 5.82 Å². The lowest BCUT2D eigenvalue weighted by Crippen LogP contribution is -2.40. The van der Waals surface area contributed by atoms with Crippen molar-refractivity contribution in [2.75, 3.05) is 0 Å². The number of pyridine rings is 2. The maximum absolute atomic E-state index is 14.7. The standard InChI is InChI=1S/C24H23FN3O3P/c1-3-24(31)14-6-18-21-12(8-28(18)22(29)13(14)9-32-23(24)30)19-16(26)5-4-11-10(2)15(25)7-17(27-21)20(11)19/h6-7,16,31-32H,3-5,8-9,26H2,1-2H3/t16-,24-/m0/s1. The van der Waals surface area contributed by atoms with Crippen molar-refractivity contribution in [3.63, 3.8) is 0 Å². The highest BCUT2D eigenvalue weighted by molar-refractivity contribution is 7.57. The van der Waals surface area contributed by atoms with Crippen LogP contribution in [0.25, 0.3) is 22.3 Å². The molecule has 0 saturated heterocycles. The predicted molar refractivity (Wildman–Crippen MR) is 122 cm³/mol. The Morgan fingerprint density at radius 1 is 1.31 bits per heavy atom. The first-order valence-corrected chi connectivity index (χ1v) is 12.1. The number of aryl methyl sites for hydroxylation is 1. The molecular formula is C24H23FN3O3P. The van der Waals surface area contributed by atoms with Gasteiger partial charge >= 0.3 is 0 Å². The van der Waals surface area contributed by atoms with Crippen LogP contribution in [0.2, 0.25) is 0 Å². The van der Waals surface area contributed by atoms with Crippen LogP contribution in [0.4, 0.5) is 4.39 Å². The van der Waals surface area contributed by atoms with Crippen molar-refractivity contribution < 1.29 is 14.3 Å². The van der Waals surface area contributed by atoms with E-state index in [4.69, 9.17) is 10.7 Å². The summed E-state index contributed by atoms with van der Waals surface area (Å²) in [5.41, 5.74) is 10.5. The van der Waals surface area contributed by atoms with E-state index in [1.807, 2.05) is 0 Å². The van der Waals surface area contributed by atoms with E-state index in [9.17, 15) is 19.1 Å². The summed E-state index contributed by atoms with van der Waals surface area (Å²) in [7, 11) is -0.124. The summed E-state index contributed by atoms with van der Waals surface area (Å²) in [4.78, 5) is 30.9. The average Bonchev–Trinajstić information content (AvgIpc) is 3.14. The van der Waals surface area contributed by atoms with E-state index in [2.05, 4.69) is 0 Å². The van der Waals surface area contributed by atoms with Crippen molar-refractivity contribution in [1.82, 2.24) is 9.55 Å². The molecule has 0 radical (unpaired) electrons. The van der Waals surface area contributed by atoms with Gasteiger partial charge in [-0.25, -0.2) is 9.37 Å². The lowest BCUT2D eigenvalue weighted by Gasteiger charge is -2.32. The van der Waals surface area contributed by atoms with E-state index in [0.717, 1.165) is 22.1 Å². The molecule has 1 aliphatic carbocycles. The van der Waals surface area contributed by atoms with Gasteiger partial charge in [0.25, 0.3) is 5.56 Å². The van der Waals surface area contributed by atoms with Crippen LogP contribution in [0, 0.1) is 12.7 Å². The summed E-state index contributed by atoms with van der Waals surface area (Å²) in [5.74, 6) is -0.297. The molecule has 3 atom stereocenters. The van der Waals surface area contributed by atoms with Gasteiger partial charge in [-0.15, -0.1) is 0 Å². The fourth-order valence-corrected chi connectivity index (χ4v) is 6.99. The van der Waals surface area contributed by atoms with Crippen molar-refractivity contribution in [1.29, 1.82) is 0 Å². The van der Waals surface area contributed by atoms with Crippen LogP contribution in [0.5, 0.6) is 0 Å². The number of hydrogen-bond donors (Lipinski definition) is 2. The second-order valence-electron chi connectivity index (χ2n) is 9.06. The van der Waals surface area contributed by atoms with E-state index >= 15 is 0 Å². The van der Waals surface area contributed by atoms with Crippen LogP contribution in [0.15, 0.2) is 16.9 Å². The van der Waals surface area contributed by atoms with Gasteiger partial charge in [-0.05, 0) is 57.5 Å². The van der Waals surface area contributed by atoms with Crippen molar-refractivity contribution in [2.24, 2.45) is 5.73 Å². The molecule has 164 valence electrons. The van der Waals surface area contributed by atoms with Gasteiger partial charge in [-0.2, -0.15) is 0 Å². The molecule has 0 bridgehead atoms. The first kappa shape index (κ1) is 20.2. The summed E-state index contributed by atoms with van der Waals surface area (Å²) < 4.78 is 16.4. The maximum Gasteiger partial charge on any atom is 0.255 e. The Labute approximate surface area is 185 Å². The molecule has 0 amide bonds. The molecule has 2 aliphatic heterocycles. The molecule has 4 heterocycles. The van der Waals surface area contributed by atoms with Gasteiger partial charge < -0.3 is 15.4 Å². The molecule has 0 saturated carbocycles. The van der Waals surface area contributed by atoms with Crippen LogP contribution in [-0.4, -0.2) is 20.2 Å². The molecule has 8 heteroatoms. The van der Waals surface area contributed by atoms with E-state index in [1.165, 1.54) is 6.07 Å². The normalized spacial score (nSPS) is 24.0. The average molecular weight is 451 g/mol. The Kier molecular flexibility index (Phi) is 4.12. The lowest BCUT2D eigenvalue weighted by atomic mass is 9.82. The van der Waals surface area contributed by atoms with E-state index in [0.29, 0.717) is 59.1 Å². The fraction of sp³-hybridized carbons (Fsp3) is 0.375. The van der Waals surface area contributed by atoms with Gasteiger partial charge in [0.2, 0.25) is 0 Å². The van der Waals surface area contributed by atoms with Gasteiger partial charge in [-0.3, -0.25) is 9.59 Å². The number of carbonyl (C=O) groups is 1. The highest BCUT2D eigenvalue weighted by atomic mass is 31.1. The largest absolute Gasteiger partial charge is 0.377 e. The van der Waals surface area contributed by atoms with E-state index in [-0.39, 0.29) is 37.9 Å². The van der Waals surface area contributed by atoms with Crippen LogP contribution >= 0.6 is 8.58 Å². The molecule has 6 nitrogen and oxygen atoms in total. The number of aliphatic hydroxyl groups is 1. The van der Waals surface area contributed by atoms with Gasteiger partial charge in [0.05, 0.1) is 23.4 Å². The SMILES string of the molecule is CC[C@@]1(O)C(=O)PCc2c1cc1n(c2=O)Cc2c-1nc1cc(F)c(C)c3c1c2[C@@H](N)CC3. The zero-order chi connectivity index (χ0) is 22.5. The van der Waals surface area contributed by atoms with Gasteiger partial charge in [0, 0.05) is 40.3 Å². The third-order valence-electron chi connectivity index (χ3n) is 7.54. The third-order valence-corrected chi connectivity index (χ3v) is 8.80. The van der Waals surface area contributed by atoms with Crippen molar-refractivity contribution in [2.45, 2.75) is 57.5 Å². The molecule has 1 unspecified atom stereocenters. The highest BCUT2D eigenvalue weighted by Crippen LogP contribution is 2.47. The predicted octanol–water partition coefficient (Wildman–Crippen LogP) is 3.14.